The molecule has 19 heavy (non-hydrogen) atoms. The molecule has 0 bridgehead atoms. The number of rotatable bonds is 8. The minimum atomic E-state index is 0.115. The molecule has 1 unspecified atom stereocenters. The summed E-state index contributed by atoms with van der Waals surface area (Å²) in [4.78, 5) is 2.23. The molecule has 0 aliphatic carbocycles. The Labute approximate surface area is 117 Å². The van der Waals surface area contributed by atoms with Gasteiger partial charge >= 0.3 is 0 Å². The highest BCUT2D eigenvalue weighted by atomic mass is 16.3. The van der Waals surface area contributed by atoms with Crippen LogP contribution in [0.2, 0.25) is 0 Å². The second-order valence-corrected chi connectivity index (χ2v) is 5.94. The molecular formula is C16H28N2O. The predicted octanol–water partition coefficient (Wildman–Crippen LogP) is 2.24. The number of hydrogen-bond donors (Lipinski definition) is 2. The quantitative estimate of drug-likeness (QED) is 0.756. The number of hydrogen-bond acceptors (Lipinski definition) is 3. The van der Waals surface area contributed by atoms with E-state index in [1.165, 1.54) is 12.0 Å². The van der Waals surface area contributed by atoms with Crippen LogP contribution >= 0.6 is 0 Å². The van der Waals surface area contributed by atoms with Crippen molar-refractivity contribution >= 4 is 0 Å². The zero-order chi connectivity index (χ0) is 14.3. The molecule has 1 rings (SSSR count). The highest BCUT2D eigenvalue weighted by Crippen LogP contribution is 2.08. The summed E-state index contributed by atoms with van der Waals surface area (Å²) in [7, 11) is 4.23. The van der Waals surface area contributed by atoms with Gasteiger partial charge in [0.25, 0.3) is 0 Å². The average Bonchev–Trinajstić information content (AvgIpc) is 2.35. The minimum Gasteiger partial charge on any atom is -0.392 e. The smallest absolute Gasteiger partial charge is 0.0681 e. The zero-order valence-corrected chi connectivity index (χ0v) is 12.7. The van der Waals surface area contributed by atoms with Gasteiger partial charge in [-0.05, 0) is 37.6 Å². The molecule has 3 nitrogen and oxygen atoms in total. The topological polar surface area (TPSA) is 35.5 Å². The van der Waals surface area contributed by atoms with Crippen molar-refractivity contribution in [3.63, 3.8) is 0 Å². The molecule has 0 aliphatic rings. The van der Waals surface area contributed by atoms with Gasteiger partial charge in [0.15, 0.2) is 0 Å². The number of aliphatic hydroxyl groups is 1. The van der Waals surface area contributed by atoms with E-state index < -0.39 is 0 Å². The van der Waals surface area contributed by atoms with Gasteiger partial charge in [0.05, 0.1) is 6.61 Å². The van der Waals surface area contributed by atoms with Crippen molar-refractivity contribution in [2.24, 2.45) is 5.92 Å². The predicted molar refractivity (Wildman–Crippen MR) is 81.0 cm³/mol. The van der Waals surface area contributed by atoms with Gasteiger partial charge in [-0.2, -0.15) is 0 Å². The summed E-state index contributed by atoms with van der Waals surface area (Å²) < 4.78 is 0. The molecule has 2 N–H and O–H groups in total. The largest absolute Gasteiger partial charge is 0.392 e. The third kappa shape index (κ3) is 6.71. The van der Waals surface area contributed by atoms with Crippen molar-refractivity contribution < 1.29 is 5.11 Å². The molecule has 0 heterocycles. The summed E-state index contributed by atoms with van der Waals surface area (Å²) in [6.07, 6.45) is 1.19. The number of benzene rings is 1. The first-order valence-corrected chi connectivity index (χ1v) is 7.08. The van der Waals surface area contributed by atoms with Gasteiger partial charge in [-0.25, -0.2) is 0 Å². The fraction of sp³-hybridized carbons (Fsp3) is 0.625. The Hall–Kier alpha value is -0.900. The van der Waals surface area contributed by atoms with Crippen molar-refractivity contribution in [1.82, 2.24) is 10.2 Å². The van der Waals surface area contributed by atoms with Gasteiger partial charge in [-0.3, -0.25) is 0 Å². The molecule has 3 heteroatoms. The third-order valence-electron chi connectivity index (χ3n) is 3.14. The monoisotopic (exact) mass is 264 g/mol. The zero-order valence-electron chi connectivity index (χ0n) is 12.7. The van der Waals surface area contributed by atoms with Crippen LogP contribution in [0.4, 0.5) is 0 Å². The van der Waals surface area contributed by atoms with E-state index in [1.54, 1.807) is 0 Å². The molecular weight excluding hydrogens is 236 g/mol. The molecule has 108 valence electrons. The van der Waals surface area contributed by atoms with Crippen LogP contribution in [0.15, 0.2) is 24.3 Å². The second-order valence-electron chi connectivity index (χ2n) is 5.94. The van der Waals surface area contributed by atoms with E-state index in [0.29, 0.717) is 12.0 Å². The van der Waals surface area contributed by atoms with Crippen molar-refractivity contribution in [3.8, 4) is 0 Å². The lowest BCUT2D eigenvalue weighted by Crippen LogP contribution is -2.38. The van der Waals surface area contributed by atoms with Crippen molar-refractivity contribution in [2.45, 2.75) is 39.5 Å². The van der Waals surface area contributed by atoms with Crippen LogP contribution in [0.5, 0.6) is 0 Å². The van der Waals surface area contributed by atoms with Gasteiger partial charge in [0.1, 0.15) is 0 Å². The fourth-order valence-electron chi connectivity index (χ4n) is 2.26. The lowest BCUT2D eigenvalue weighted by atomic mass is 10.0. The summed E-state index contributed by atoms with van der Waals surface area (Å²) in [5, 5.41) is 12.7. The van der Waals surface area contributed by atoms with Gasteiger partial charge in [0.2, 0.25) is 0 Å². The van der Waals surface area contributed by atoms with Crippen molar-refractivity contribution in [1.29, 1.82) is 0 Å². The first-order chi connectivity index (χ1) is 9.01. The molecule has 0 saturated carbocycles. The van der Waals surface area contributed by atoms with Gasteiger partial charge in [-0.15, -0.1) is 0 Å². The first kappa shape index (κ1) is 16.2. The Morgan fingerprint density at radius 2 is 1.68 bits per heavy atom. The molecule has 1 atom stereocenters. The Morgan fingerprint density at radius 3 is 2.16 bits per heavy atom. The lowest BCUT2D eigenvalue weighted by molar-refractivity contribution is 0.281. The Bertz CT molecular complexity index is 336. The van der Waals surface area contributed by atoms with E-state index in [0.717, 1.165) is 18.7 Å². The lowest BCUT2D eigenvalue weighted by Gasteiger charge is -2.24. The molecule has 1 aromatic carbocycles. The van der Waals surface area contributed by atoms with Crippen LogP contribution in [0.1, 0.15) is 31.4 Å². The van der Waals surface area contributed by atoms with E-state index in [1.807, 2.05) is 12.1 Å². The highest BCUT2D eigenvalue weighted by Gasteiger charge is 2.11. The minimum absolute atomic E-state index is 0.115. The SMILES string of the molecule is CC(C)CC(CN(C)C)NCc1ccc(CO)cc1. The summed E-state index contributed by atoms with van der Waals surface area (Å²) in [6, 6.07) is 8.66. The molecule has 0 saturated heterocycles. The maximum absolute atomic E-state index is 9.02. The maximum atomic E-state index is 9.02. The Kier molecular flexibility index (Phi) is 7.06. The normalized spacial score (nSPS) is 13.2. The number of nitrogens with zero attached hydrogens (tertiary/aromatic N) is 1. The van der Waals surface area contributed by atoms with E-state index in [2.05, 4.69) is 50.3 Å². The van der Waals surface area contributed by atoms with Gasteiger partial charge in [0, 0.05) is 19.1 Å². The van der Waals surface area contributed by atoms with Crippen molar-refractivity contribution in [3.05, 3.63) is 35.4 Å². The van der Waals surface area contributed by atoms with Crippen LogP contribution < -0.4 is 5.32 Å². The molecule has 0 aromatic heterocycles. The molecule has 0 aliphatic heterocycles. The summed E-state index contributed by atoms with van der Waals surface area (Å²) in [6.45, 7) is 6.59. The van der Waals surface area contributed by atoms with Crippen molar-refractivity contribution in [2.75, 3.05) is 20.6 Å². The Balaban J connectivity index is 2.49. The average molecular weight is 264 g/mol. The van der Waals surface area contributed by atoms with E-state index in [9.17, 15) is 0 Å². The molecule has 0 radical (unpaired) electrons. The number of aliphatic hydroxyl groups excluding tert-OH is 1. The van der Waals surface area contributed by atoms with E-state index in [-0.39, 0.29) is 6.61 Å². The number of nitrogens with one attached hydrogen (secondary N) is 1. The van der Waals surface area contributed by atoms with Crippen LogP contribution in [-0.2, 0) is 13.2 Å². The molecule has 1 aromatic rings. The van der Waals surface area contributed by atoms with Gasteiger partial charge < -0.3 is 15.3 Å². The van der Waals surface area contributed by atoms with Crippen LogP contribution in [0.3, 0.4) is 0 Å². The van der Waals surface area contributed by atoms with Gasteiger partial charge in [-0.1, -0.05) is 38.1 Å². The summed E-state index contributed by atoms with van der Waals surface area (Å²) in [5.74, 6) is 0.703. The molecule has 0 amide bonds. The molecule has 0 spiro atoms. The first-order valence-electron chi connectivity index (χ1n) is 7.08. The van der Waals surface area contributed by atoms with E-state index >= 15 is 0 Å². The maximum Gasteiger partial charge on any atom is 0.0681 e. The summed E-state index contributed by atoms with van der Waals surface area (Å²) >= 11 is 0. The third-order valence-corrected chi connectivity index (χ3v) is 3.14. The van der Waals surface area contributed by atoms with Crippen LogP contribution in [0, 0.1) is 5.92 Å². The molecule has 0 fully saturated rings. The number of likely N-dealkylation sites (N-methyl/N-ethyl adjacent to an activating group) is 1. The fourth-order valence-corrected chi connectivity index (χ4v) is 2.26. The van der Waals surface area contributed by atoms with E-state index in [4.69, 9.17) is 5.11 Å². The summed E-state index contributed by atoms with van der Waals surface area (Å²) in [5.41, 5.74) is 2.24. The highest BCUT2D eigenvalue weighted by molar-refractivity contribution is 5.21. The standard InChI is InChI=1S/C16H28N2O/c1-13(2)9-16(11-18(3)4)17-10-14-5-7-15(12-19)8-6-14/h5-8,13,16-17,19H,9-12H2,1-4H3. The second kappa shape index (κ2) is 8.31. The van der Waals surface area contributed by atoms with Crippen LogP contribution in [-0.4, -0.2) is 36.7 Å². The Morgan fingerprint density at radius 1 is 1.11 bits per heavy atom. The van der Waals surface area contributed by atoms with Crippen LogP contribution in [0.25, 0.3) is 0 Å².